The van der Waals surface area contributed by atoms with E-state index in [9.17, 15) is 10.1 Å². The van der Waals surface area contributed by atoms with E-state index in [0.717, 1.165) is 30.6 Å². The Balaban J connectivity index is 1.88. The molecule has 3 heterocycles. The first-order chi connectivity index (χ1) is 13.1. The van der Waals surface area contributed by atoms with Gasteiger partial charge in [-0.05, 0) is 37.5 Å². The zero-order chi connectivity index (χ0) is 19.0. The molecule has 1 aliphatic rings. The molecule has 0 bridgehead atoms. The molecule has 3 aromatic rings. The molecule has 138 valence electrons. The van der Waals surface area contributed by atoms with Crippen LogP contribution in [0.25, 0.3) is 11.0 Å². The molecule has 1 aliphatic heterocycles. The summed E-state index contributed by atoms with van der Waals surface area (Å²) in [5.41, 5.74) is 8.91. The second-order valence-corrected chi connectivity index (χ2v) is 7.14. The summed E-state index contributed by atoms with van der Waals surface area (Å²) in [5, 5.41) is 9.97. The monoisotopic (exact) mass is 362 g/mol. The van der Waals surface area contributed by atoms with Gasteiger partial charge in [0.1, 0.15) is 5.65 Å². The smallest absolute Gasteiger partial charge is 0.264 e. The third-order valence-corrected chi connectivity index (χ3v) is 5.07. The second-order valence-electron chi connectivity index (χ2n) is 7.14. The molecule has 7 nitrogen and oxygen atoms in total. The summed E-state index contributed by atoms with van der Waals surface area (Å²) in [6.07, 6.45) is 1.94. The summed E-state index contributed by atoms with van der Waals surface area (Å²) in [6.45, 7) is 3.69. The Labute approximate surface area is 157 Å². The van der Waals surface area contributed by atoms with E-state index < -0.39 is 0 Å². The average Bonchev–Trinajstić information content (AvgIpc) is 3.05. The Morgan fingerprint density at radius 1 is 1.41 bits per heavy atom. The van der Waals surface area contributed by atoms with Crippen LogP contribution in [0.5, 0.6) is 0 Å². The molecule has 0 aliphatic carbocycles. The van der Waals surface area contributed by atoms with Crippen molar-refractivity contribution in [3.8, 4) is 6.07 Å². The van der Waals surface area contributed by atoms with Crippen LogP contribution in [-0.4, -0.2) is 33.7 Å². The van der Waals surface area contributed by atoms with E-state index in [2.05, 4.69) is 16.0 Å². The summed E-state index contributed by atoms with van der Waals surface area (Å²) in [6, 6.07) is 11.4. The minimum Gasteiger partial charge on any atom is -0.343 e. The molecule has 1 atom stereocenters. The van der Waals surface area contributed by atoms with Gasteiger partial charge in [0.05, 0.1) is 23.6 Å². The summed E-state index contributed by atoms with van der Waals surface area (Å²) in [7, 11) is 0. The fourth-order valence-corrected chi connectivity index (χ4v) is 3.74. The summed E-state index contributed by atoms with van der Waals surface area (Å²) < 4.78 is 1.67. The van der Waals surface area contributed by atoms with Crippen molar-refractivity contribution in [2.45, 2.75) is 32.4 Å². The van der Waals surface area contributed by atoms with Crippen molar-refractivity contribution in [3.05, 3.63) is 57.5 Å². The highest BCUT2D eigenvalue weighted by atomic mass is 16.1. The number of aryl methyl sites for hydroxylation is 1. The number of H-pyrrole nitrogens is 1. The van der Waals surface area contributed by atoms with Gasteiger partial charge in [0, 0.05) is 24.8 Å². The lowest BCUT2D eigenvalue weighted by Gasteiger charge is -2.33. The van der Waals surface area contributed by atoms with E-state index in [0.29, 0.717) is 35.6 Å². The van der Waals surface area contributed by atoms with Crippen LogP contribution in [0.2, 0.25) is 0 Å². The Kier molecular flexibility index (Phi) is 4.42. The number of hydrogen-bond donors (Lipinski definition) is 2. The van der Waals surface area contributed by atoms with Crippen LogP contribution in [0.3, 0.4) is 0 Å². The van der Waals surface area contributed by atoms with Crippen molar-refractivity contribution in [2.24, 2.45) is 5.73 Å². The highest BCUT2D eigenvalue weighted by Crippen LogP contribution is 2.21. The normalized spacial score (nSPS) is 17.2. The molecule has 0 saturated carbocycles. The number of nitriles is 1. The van der Waals surface area contributed by atoms with Gasteiger partial charge in [-0.15, -0.1) is 0 Å². The van der Waals surface area contributed by atoms with Crippen LogP contribution in [0.1, 0.15) is 29.7 Å². The van der Waals surface area contributed by atoms with E-state index >= 15 is 0 Å². The molecule has 3 N–H and O–H groups in total. The molecular weight excluding hydrogens is 340 g/mol. The number of fused-ring (bicyclic) bond motifs is 1. The summed E-state index contributed by atoms with van der Waals surface area (Å²) in [4.78, 5) is 23.3. The first-order valence-electron chi connectivity index (χ1n) is 9.15. The molecular formula is C20H22N6O. The van der Waals surface area contributed by atoms with Gasteiger partial charge in [0.2, 0.25) is 5.95 Å². The van der Waals surface area contributed by atoms with Crippen molar-refractivity contribution in [1.82, 2.24) is 14.5 Å². The molecule has 0 spiro atoms. The number of aromatic nitrogens is 3. The fourth-order valence-electron chi connectivity index (χ4n) is 3.74. The standard InChI is InChI=1S/C20H22N6O/c1-13-9-17-18(23-13)24-20(25-8-4-7-16(22)12-25)26(19(17)27)11-15-6-3-2-5-14(15)10-21/h2-3,5-6,9,16,23H,4,7-8,11-12,22H2,1H3/t16-/m1/s1. The number of anilines is 1. The maximum Gasteiger partial charge on any atom is 0.264 e. The van der Waals surface area contributed by atoms with Crippen molar-refractivity contribution in [2.75, 3.05) is 18.0 Å². The number of nitrogens with zero attached hydrogens (tertiary/aromatic N) is 4. The second kappa shape index (κ2) is 6.89. The molecule has 4 rings (SSSR count). The first kappa shape index (κ1) is 17.3. The maximum atomic E-state index is 13.3. The van der Waals surface area contributed by atoms with Gasteiger partial charge >= 0.3 is 0 Å². The Morgan fingerprint density at radius 2 is 2.22 bits per heavy atom. The van der Waals surface area contributed by atoms with Gasteiger partial charge in [-0.1, -0.05) is 18.2 Å². The lowest BCUT2D eigenvalue weighted by molar-refractivity contribution is 0.491. The van der Waals surface area contributed by atoms with E-state index in [1.165, 1.54) is 0 Å². The maximum absolute atomic E-state index is 13.3. The van der Waals surface area contributed by atoms with Crippen LogP contribution in [0, 0.1) is 18.3 Å². The molecule has 0 amide bonds. The topological polar surface area (TPSA) is 104 Å². The van der Waals surface area contributed by atoms with Crippen LogP contribution in [-0.2, 0) is 6.54 Å². The van der Waals surface area contributed by atoms with Gasteiger partial charge < -0.3 is 15.6 Å². The van der Waals surface area contributed by atoms with E-state index in [4.69, 9.17) is 10.7 Å². The van der Waals surface area contributed by atoms with Gasteiger partial charge in [-0.25, -0.2) is 0 Å². The Bertz CT molecular complexity index is 1090. The van der Waals surface area contributed by atoms with Gasteiger partial charge in [-0.2, -0.15) is 10.2 Å². The molecule has 1 saturated heterocycles. The lowest BCUT2D eigenvalue weighted by atomic mass is 10.1. The number of benzene rings is 1. The number of aromatic amines is 1. The zero-order valence-electron chi connectivity index (χ0n) is 15.3. The molecule has 0 unspecified atom stereocenters. The minimum absolute atomic E-state index is 0.0663. The fraction of sp³-hybridized carbons (Fsp3) is 0.350. The molecule has 7 heteroatoms. The molecule has 0 radical (unpaired) electrons. The van der Waals surface area contributed by atoms with Crippen LogP contribution in [0.4, 0.5) is 5.95 Å². The molecule has 27 heavy (non-hydrogen) atoms. The largest absolute Gasteiger partial charge is 0.343 e. The summed E-state index contributed by atoms with van der Waals surface area (Å²) in [5.74, 6) is 0.609. The predicted molar refractivity (Wildman–Crippen MR) is 105 cm³/mol. The highest BCUT2D eigenvalue weighted by Gasteiger charge is 2.23. The quantitative estimate of drug-likeness (QED) is 0.740. The number of nitrogens with one attached hydrogen (secondary N) is 1. The highest BCUT2D eigenvalue weighted by molar-refractivity contribution is 5.77. The lowest BCUT2D eigenvalue weighted by Crippen LogP contribution is -2.45. The van der Waals surface area contributed by atoms with Gasteiger partial charge in [-0.3, -0.25) is 9.36 Å². The predicted octanol–water partition coefficient (Wildman–Crippen LogP) is 1.88. The molecule has 1 fully saturated rings. The van der Waals surface area contributed by atoms with Crippen LogP contribution >= 0.6 is 0 Å². The number of piperidine rings is 1. The molecule has 2 aromatic heterocycles. The third-order valence-electron chi connectivity index (χ3n) is 5.07. The van der Waals surface area contributed by atoms with E-state index in [1.54, 1.807) is 10.6 Å². The van der Waals surface area contributed by atoms with Crippen LogP contribution < -0.4 is 16.2 Å². The van der Waals surface area contributed by atoms with Crippen molar-refractivity contribution in [3.63, 3.8) is 0 Å². The van der Waals surface area contributed by atoms with Crippen molar-refractivity contribution < 1.29 is 0 Å². The summed E-state index contributed by atoms with van der Waals surface area (Å²) >= 11 is 0. The van der Waals surface area contributed by atoms with E-state index in [-0.39, 0.29) is 11.6 Å². The Morgan fingerprint density at radius 3 is 3.00 bits per heavy atom. The average molecular weight is 362 g/mol. The van der Waals surface area contributed by atoms with Crippen molar-refractivity contribution >= 4 is 17.0 Å². The first-order valence-corrected chi connectivity index (χ1v) is 9.15. The number of hydrogen-bond acceptors (Lipinski definition) is 5. The SMILES string of the molecule is Cc1cc2c(=O)n(Cc3ccccc3C#N)c(N3CCC[C@@H](N)C3)nc2[nH]1. The molecule has 1 aromatic carbocycles. The third kappa shape index (κ3) is 3.20. The minimum atomic E-state index is -0.105. The van der Waals surface area contributed by atoms with Crippen LogP contribution in [0.15, 0.2) is 35.1 Å². The number of nitrogens with two attached hydrogens (primary N) is 1. The Hall–Kier alpha value is -3.11. The van der Waals surface area contributed by atoms with Crippen molar-refractivity contribution in [1.29, 1.82) is 5.26 Å². The zero-order valence-corrected chi connectivity index (χ0v) is 15.3. The number of rotatable bonds is 3. The van der Waals surface area contributed by atoms with Gasteiger partial charge in [0.15, 0.2) is 0 Å². The van der Waals surface area contributed by atoms with E-state index in [1.807, 2.05) is 31.2 Å². The van der Waals surface area contributed by atoms with Gasteiger partial charge in [0.25, 0.3) is 5.56 Å².